The van der Waals surface area contributed by atoms with Gasteiger partial charge in [0.05, 0.1) is 5.69 Å². The van der Waals surface area contributed by atoms with Crippen LogP contribution in [0.4, 0.5) is 13.2 Å². The number of amides is 1. The fraction of sp³-hybridized carbons (Fsp3) is 0.444. The molecule has 1 aromatic heterocycles. The van der Waals surface area contributed by atoms with Gasteiger partial charge in [0.2, 0.25) is 0 Å². The maximum Gasteiger partial charge on any atom is 0.406 e. The Morgan fingerprint density at radius 3 is 2.56 bits per heavy atom. The number of thiazole rings is 1. The molecule has 0 aliphatic heterocycles. The molecule has 27 heavy (non-hydrogen) atoms. The van der Waals surface area contributed by atoms with Gasteiger partial charge in [-0.15, -0.1) is 11.3 Å². The predicted octanol–water partition coefficient (Wildman–Crippen LogP) is 5.49. The van der Waals surface area contributed by atoms with Crippen molar-refractivity contribution < 1.29 is 22.7 Å². The highest BCUT2D eigenvalue weighted by Gasteiger charge is 2.34. The first-order valence-corrected chi connectivity index (χ1v) is 9.59. The summed E-state index contributed by atoms with van der Waals surface area (Å²) in [7, 11) is 0. The molecule has 0 unspecified atom stereocenters. The van der Waals surface area contributed by atoms with Gasteiger partial charge in [0.1, 0.15) is 28.8 Å². The quantitative estimate of drug-likeness (QED) is 0.567. The zero-order valence-corrected chi connectivity index (χ0v) is 16.5. The number of unbranched alkanes of at least 4 members (excludes halogenated alkanes) is 1. The van der Waals surface area contributed by atoms with E-state index in [0.717, 1.165) is 16.2 Å². The highest BCUT2D eigenvalue weighted by atomic mass is 35.5. The molecule has 0 atom stereocenters. The molecule has 0 aliphatic rings. The topological polar surface area (TPSA) is 42.4 Å². The average Bonchev–Trinajstić information content (AvgIpc) is 2.97. The Morgan fingerprint density at radius 2 is 1.96 bits per heavy atom. The van der Waals surface area contributed by atoms with Crippen LogP contribution in [0, 0.1) is 6.92 Å². The molecule has 0 saturated heterocycles. The second-order valence-corrected chi connectivity index (χ2v) is 7.48. The molecule has 0 saturated carbocycles. The molecule has 0 bridgehead atoms. The van der Waals surface area contributed by atoms with Crippen molar-refractivity contribution in [2.24, 2.45) is 0 Å². The van der Waals surface area contributed by atoms with Crippen molar-refractivity contribution in [1.82, 2.24) is 9.88 Å². The lowest BCUT2D eigenvalue weighted by atomic mass is 10.2. The lowest BCUT2D eigenvalue weighted by Crippen LogP contribution is -2.39. The molecule has 0 N–H and O–H groups in total. The first-order valence-electron chi connectivity index (χ1n) is 8.40. The standard InChI is InChI=1S/C18H20ClF3N2O2S/c1-3-4-9-24(11-18(20,21)22)17(25)16-12(2)23-15(27-16)10-26-14-7-5-13(19)6-8-14/h5-8H,3-4,9-11H2,1-2H3. The third-order valence-electron chi connectivity index (χ3n) is 3.65. The molecule has 148 valence electrons. The molecular weight excluding hydrogens is 401 g/mol. The van der Waals surface area contributed by atoms with Crippen LogP contribution in [-0.2, 0) is 6.61 Å². The highest BCUT2D eigenvalue weighted by Crippen LogP contribution is 2.25. The molecular formula is C18H20ClF3N2O2S. The zero-order chi connectivity index (χ0) is 20.0. The average molecular weight is 421 g/mol. The number of rotatable bonds is 8. The van der Waals surface area contributed by atoms with Crippen molar-refractivity contribution in [3.8, 4) is 5.75 Å². The molecule has 1 heterocycles. The SMILES string of the molecule is CCCCN(CC(F)(F)F)C(=O)c1sc(COc2ccc(Cl)cc2)nc1C. The number of aromatic nitrogens is 1. The number of benzene rings is 1. The molecule has 2 aromatic rings. The first kappa shape index (κ1) is 21.5. The zero-order valence-electron chi connectivity index (χ0n) is 15.0. The number of halogens is 4. The van der Waals surface area contributed by atoms with Gasteiger partial charge in [0.15, 0.2) is 0 Å². The lowest BCUT2D eigenvalue weighted by molar-refractivity contribution is -0.140. The number of nitrogens with zero attached hydrogens (tertiary/aromatic N) is 2. The molecule has 0 aliphatic carbocycles. The predicted molar refractivity (Wildman–Crippen MR) is 99.5 cm³/mol. The van der Waals surface area contributed by atoms with E-state index in [9.17, 15) is 18.0 Å². The van der Waals surface area contributed by atoms with Gasteiger partial charge in [-0.25, -0.2) is 4.98 Å². The van der Waals surface area contributed by atoms with Crippen molar-refractivity contribution in [1.29, 1.82) is 0 Å². The van der Waals surface area contributed by atoms with E-state index in [4.69, 9.17) is 16.3 Å². The Kier molecular flexibility index (Phi) is 7.49. The van der Waals surface area contributed by atoms with Gasteiger partial charge in [0, 0.05) is 11.6 Å². The van der Waals surface area contributed by atoms with Crippen molar-refractivity contribution >= 4 is 28.8 Å². The smallest absolute Gasteiger partial charge is 0.406 e. The molecule has 4 nitrogen and oxygen atoms in total. The summed E-state index contributed by atoms with van der Waals surface area (Å²) < 4.78 is 44.0. The van der Waals surface area contributed by atoms with Crippen LogP contribution < -0.4 is 4.74 Å². The number of carbonyl (C=O) groups excluding carboxylic acids is 1. The number of alkyl halides is 3. The van der Waals surface area contributed by atoms with Gasteiger partial charge in [0.25, 0.3) is 5.91 Å². The molecule has 0 spiro atoms. The second-order valence-electron chi connectivity index (χ2n) is 5.96. The van der Waals surface area contributed by atoms with E-state index < -0.39 is 18.6 Å². The number of aryl methyl sites for hydroxylation is 1. The van der Waals surface area contributed by atoms with Gasteiger partial charge in [-0.3, -0.25) is 4.79 Å². The molecule has 0 radical (unpaired) electrons. The Labute approximate surface area is 164 Å². The monoisotopic (exact) mass is 420 g/mol. The van der Waals surface area contributed by atoms with E-state index in [1.54, 1.807) is 31.2 Å². The fourth-order valence-corrected chi connectivity index (χ4v) is 3.42. The third-order valence-corrected chi connectivity index (χ3v) is 5.02. The molecule has 9 heteroatoms. The number of ether oxygens (including phenoxy) is 1. The van der Waals surface area contributed by atoms with Gasteiger partial charge in [-0.2, -0.15) is 13.2 Å². The molecule has 0 fully saturated rings. The van der Waals surface area contributed by atoms with E-state index in [1.807, 2.05) is 6.92 Å². The van der Waals surface area contributed by atoms with Crippen LogP contribution in [0.1, 0.15) is 40.1 Å². The Hall–Kier alpha value is -1.80. The number of hydrogen-bond donors (Lipinski definition) is 0. The maximum atomic E-state index is 12.8. The molecule has 1 aromatic carbocycles. The third kappa shape index (κ3) is 6.70. The van der Waals surface area contributed by atoms with E-state index in [0.29, 0.717) is 34.3 Å². The van der Waals surface area contributed by atoms with Crippen molar-refractivity contribution in [3.05, 3.63) is 44.9 Å². The van der Waals surface area contributed by atoms with Crippen LogP contribution in [0.15, 0.2) is 24.3 Å². The van der Waals surface area contributed by atoms with Crippen LogP contribution in [0.5, 0.6) is 5.75 Å². The van der Waals surface area contributed by atoms with Crippen LogP contribution in [-0.4, -0.2) is 35.1 Å². The maximum absolute atomic E-state index is 12.8. The normalized spacial score (nSPS) is 11.5. The lowest BCUT2D eigenvalue weighted by Gasteiger charge is -2.23. The minimum atomic E-state index is -4.44. The van der Waals surface area contributed by atoms with Gasteiger partial charge < -0.3 is 9.64 Å². The van der Waals surface area contributed by atoms with E-state index in [-0.39, 0.29) is 18.0 Å². The summed E-state index contributed by atoms with van der Waals surface area (Å²) in [4.78, 5) is 17.9. The number of hydrogen-bond acceptors (Lipinski definition) is 4. The first-order chi connectivity index (χ1) is 12.7. The second kappa shape index (κ2) is 9.41. The van der Waals surface area contributed by atoms with Crippen LogP contribution >= 0.6 is 22.9 Å². The summed E-state index contributed by atoms with van der Waals surface area (Å²) >= 11 is 6.87. The molecule has 1 amide bonds. The summed E-state index contributed by atoms with van der Waals surface area (Å²) in [5.41, 5.74) is 0.406. The van der Waals surface area contributed by atoms with Gasteiger partial charge >= 0.3 is 6.18 Å². The van der Waals surface area contributed by atoms with Crippen LogP contribution in [0.3, 0.4) is 0 Å². The Morgan fingerprint density at radius 1 is 1.30 bits per heavy atom. The summed E-state index contributed by atoms with van der Waals surface area (Å²) in [5.74, 6) is -0.0599. The van der Waals surface area contributed by atoms with Crippen LogP contribution in [0.25, 0.3) is 0 Å². The van der Waals surface area contributed by atoms with E-state index in [2.05, 4.69) is 4.98 Å². The van der Waals surface area contributed by atoms with Gasteiger partial charge in [-0.05, 0) is 37.6 Å². The van der Waals surface area contributed by atoms with E-state index in [1.165, 1.54) is 0 Å². The van der Waals surface area contributed by atoms with Crippen molar-refractivity contribution in [2.75, 3.05) is 13.1 Å². The summed E-state index contributed by atoms with van der Waals surface area (Å²) in [6.45, 7) is 2.39. The summed E-state index contributed by atoms with van der Waals surface area (Å²) in [6.07, 6.45) is -3.24. The van der Waals surface area contributed by atoms with Crippen LogP contribution in [0.2, 0.25) is 5.02 Å². The van der Waals surface area contributed by atoms with Crippen molar-refractivity contribution in [3.63, 3.8) is 0 Å². The Balaban J connectivity index is 2.09. The highest BCUT2D eigenvalue weighted by molar-refractivity contribution is 7.13. The number of carbonyl (C=O) groups is 1. The molecule has 2 rings (SSSR count). The minimum Gasteiger partial charge on any atom is -0.486 e. The van der Waals surface area contributed by atoms with E-state index >= 15 is 0 Å². The summed E-state index contributed by atoms with van der Waals surface area (Å²) in [6, 6.07) is 6.76. The Bertz CT molecular complexity index is 763. The summed E-state index contributed by atoms with van der Waals surface area (Å²) in [5, 5.41) is 1.10. The van der Waals surface area contributed by atoms with Gasteiger partial charge in [-0.1, -0.05) is 24.9 Å². The van der Waals surface area contributed by atoms with Crippen molar-refractivity contribution in [2.45, 2.75) is 39.5 Å². The largest absolute Gasteiger partial charge is 0.486 e. The fourth-order valence-electron chi connectivity index (χ4n) is 2.35. The minimum absolute atomic E-state index is 0.0583.